The number of aliphatic hydroxyl groups excluding tert-OH is 1. The largest absolute Gasteiger partial charge is 0.507 e. The van der Waals surface area contributed by atoms with E-state index in [0.29, 0.717) is 27.8 Å². The fourth-order valence-electron chi connectivity index (χ4n) is 4.52. The molecule has 2 heterocycles. The molecular weight excluding hydrogens is 476 g/mol. The predicted octanol–water partition coefficient (Wildman–Crippen LogP) is 5.56. The van der Waals surface area contributed by atoms with Crippen molar-refractivity contribution in [3.05, 3.63) is 88.5 Å². The number of fused-ring (bicyclic) bond motifs is 1. The van der Waals surface area contributed by atoms with Gasteiger partial charge in [0.1, 0.15) is 17.3 Å². The molecule has 1 amide bonds. The number of anilines is 1. The lowest BCUT2D eigenvalue weighted by Crippen LogP contribution is -2.29. The number of ketones is 1. The predicted molar refractivity (Wildman–Crippen MR) is 140 cm³/mol. The van der Waals surface area contributed by atoms with Crippen molar-refractivity contribution in [3.63, 3.8) is 0 Å². The van der Waals surface area contributed by atoms with E-state index in [9.17, 15) is 14.7 Å². The molecule has 0 unspecified atom stereocenters. The summed E-state index contributed by atoms with van der Waals surface area (Å²) in [5.74, 6) is -0.608. The highest BCUT2D eigenvalue weighted by molar-refractivity contribution is 7.22. The molecule has 0 saturated carbocycles. The Labute approximate surface area is 212 Å². The molecule has 1 N–H and O–H groups in total. The minimum Gasteiger partial charge on any atom is -0.507 e. The number of benzene rings is 3. The van der Waals surface area contributed by atoms with E-state index in [1.165, 1.54) is 16.2 Å². The minimum absolute atomic E-state index is 0.00872. The Morgan fingerprint density at radius 3 is 2.39 bits per heavy atom. The number of aromatic nitrogens is 1. The summed E-state index contributed by atoms with van der Waals surface area (Å²) in [6.07, 6.45) is 0. The highest BCUT2D eigenvalue weighted by Crippen LogP contribution is 2.45. The van der Waals surface area contributed by atoms with Gasteiger partial charge < -0.3 is 14.6 Å². The highest BCUT2D eigenvalue weighted by atomic mass is 32.1. The van der Waals surface area contributed by atoms with Crippen molar-refractivity contribution in [1.82, 2.24) is 4.98 Å². The molecule has 1 aliphatic rings. The lowest BCUT2D eigenvalue weighted by Gasteiger charge is -2.23. The molecule has 1 fully saturated rings. The third-order valence-corrected chi connectivity index (χ3v) is 7.24. The summed E-state index contributed by atoms with van der Waals surface area (Å²) in [6, 6.07) is 16.9. The standard InChI is InChI=1S/C28H24N2O5S/c1-15-12-16(2)23-21(13-15)36-28(29-23)30-24(18-6-5-7-20(14-18)35-4)22(26(32)27(30)33)25(31)17-8-10-19(34-3)11-9-17/h5-14,24,31H,1-4H3/t24-/m0/s1. The Bertz CT molecular complexity index is 1540. The van der Waals surface area contributed by atoms with Crippen LogP contribution >= 0.6 is 11.3 Å². The fraction of sp³-hybridized carbons (Fsp3) is 0.179. The van der Waals surface area contributed by atoms with Crippen LogP contribution in [0.2, 0.25) is 0 Å². The van der Waals surface area contributed by atoms with Crippen LogP contribution in [-0.2, 0) is 9.59 Å². The molecule has 1 atom stereocenters. The zero-order valence-electron chi connectivity index (χ0n) is 20.2. The van der Waals surface area contributed by atoms with Gasteiger partial charge in [-0.15, -0.1) is 0 Å². The lowest BCUT2D eigenvalue weighted by molar-refractivity contribution is -0.132. The molecule has 5 rings (SSSR count). The molecule has 0 spiro atoms. The minimum atomic E-state index is -0.885. The number of Topliss-reactive ketones (excluding diaryl/α,β-unsaturated/α-hetero) is 1. The highest BCUT2D eigenvalue weighted by Gasteiger charge is 2.48. The molecule has 7 nitrogen and oxygen atoms in total. The van der Waals surface area contributed by atoms with Crippen molar-refractivity contribution in [2.45, 2.75) is 19.9 Å². The summed E-state index contributed by atoms with van der Waals surface area (Å²) in [6.45, 7) is 3.97. The van der Waals surface area contributed by atoms with E-state index in [2.05, 4.69) is 0 Å². The molecule has 182 valence electrons. The average Bonchev–Trinajstić information content (AvgIpc) is 3.42. The van der Waals surface area contributed by atoms with Gasteiger partial charge >= 0.3 is 5.91 Å². The number of nitrogens with zero attached hydrogens (tertiary/aromatic N) is 2. The van der Waals surface area contributed by atoms with Gasteiger partial charge in [0.05, 0.1) is 36.1 Å². The fourth-order valence-corrected chi connectivity index (χ4v) is 5.69. The van der Waals surface area contributed by atoms with Crippen LogP contribution in [0, 0.1) is 13.8 Å². The molecule has 4 aromatic rings. The van der Waals surface area contributed by atoms with Crippen LogP contribution in [0.1, 0.15) is 28.3 Å². The molecule has 0 bridgehead atoms. The first-order valence-electron chi connectivity index (χ1n) is 11.3. The van der Waals surface area contributed by atoms with Crippen molar-refractivity contribution >= 4 is 44.1 Å². The maximum atomic E-state index is 13.5. The molecule has 1 aliphatic heterocycles. The van der Waals surface area contributed by atoms with Crippen LogP contribution in [0.3, 0.4) is 0 Å². The topological polar surface area (TPSA) is 89.0 Å². The van der Waals surface area contributed by atoms with Gasteiger partial charge in [0.25, 0.3) is 5.78 Å². The first kappa shape index (κ1) is 23.6. The first-order chi connectivity index (χ1) is 17.3. The number of aryl methyl sites for hydroxylation is 2. The van der Waals surface area contributed by atoms with Gasteiger partial charge in [-0.25, -0.2) is 4.98 Å². The maximum absolute atomic E-state index is 13.5. The summed E-state index contributed by atoms with van der Waals surface area (Å²) in [7, 11) is 3.09. The van der Waals surface area contributed by atoms with E-state index in [4.69, 9.17) is 14.5 Å². The molecule has 1 saturated heterocycles. The van der Waals surface area contributed by atoms with E-state index in [0.717, 1.165) is 21.3 Å². The Morgan fingerprint density at radius 1 is 0.972 bits per heavy atom. The summed E-state index contributed by atoms with van der Waals surface area (Å²) in [5.41, 5.74) is 3.86. The van der Waals surface area contributed by atoms with E-state index in [1.54, 1.807) is 62.8 Å². The van der Waals surface area contributed by atoms with Crippen LogP contribution in [0.4, 0.5) is 5.13 Å². The Hall–Kier alpha value is -4.17. The molecule has 3 aromatic carbocycles. The monoisotopic (exact) mass is 500 g/mol. The quantitative estimate of drug-likeness (QED) is 0.219. The van der Waals surface area contributed by atoms with Gasteiger partial charge in [0.15, 0.2) is 5.13 Å². The summed E-state index contributed by atoms with van der Waals surface area (Å²) in [5, 5.41) is 11.7. The van der Waals surface area contributed by atoms with Crippen LogP contribution in [0.25, 0.3) is 16.0 Å². The van der Waals surface area contributed by atoms with E-state index in [1.807, 2.05) is 26.0 Å². The van der Waals surface area contributed by atoms with E-state index < -0.39 is 17.7 Å². The van der Waals surface area contributed by atoms with Gasteiger partial charge in [0.2, 0.25) is 0 Å². The number of amides is 1. The summed E-state index contributed by atoms with van der Waals surface area (Å²) >= 11 is 1.34. The van der Waals surface area contributed by atoms with Gasteiger partial charge in [-0.05, 0) is 73.0 Å². The smallest absolute Gasteiger partial charge is 0.301 e. The molecule has 8 heteroatoms. The normalized spacial score (nSPS) is 17.1. The summed E-state index contributed by atoms with van der Waals surface area (Å²) in [4.78, 5) is 33.0. The van der Waals surface area contributed by atoms with Crippen LogP contribution in [0.5, 0.6) is 11.5 Å². The number of ether oxygens (including phenoxy) is 2. The number of aliphatic hydroxyl groups is 1. The van der Waals surface area contributed by atoms with Crippen molar-refractivity contribution < 1.29 is 24.2 Å². The Balaban J connectivity index is 1.73. The number of hydrogen-bond acceptors (Lipinski definition) is 7. The molecule has 0 radical (unpaired) electrons. The third kappa shape index (κ3) is 3.89. The van der Waals surface area contributed by atoms with Gasteiger partial charge in [-0.1, -0.05) is 29.5 Å². The number of rotatable bonds is 5. The molecule has 1 aromatic heterocycles. The number of carbonyl (C=O) groups is 2. The van der Waals surface area contributed by atoms with Gasteiger partial charge in [-0.3, -0.25) is 14.5 Å². The second-order valence-electron chi connectivity index (χ2n) is 8.60. The zero-order valence-corrected chi connectivity index (χ0v) is 21.1. The van der Waals surface area contributed by atoms with Crippen LogP contribution < -0.4 is 14.4 Å². The van der Waals surface area contributed by atoms with E-state index >= 15 is 0 Å². The Morgan fingerprint density at radius 2 is 1.69 bits per heavy atom. The number of carbonyl (C=O) groups excluding carboxylic acids is 2. The number of thiazole rings is 1. The Kier molecular flexibility index (Phi) is 5.97. The van der Waals surface area contributed by atoms with Gasteiger partial charge in [-0.2, -0.15) is 0 Å². The van der Waals surface area contributed by atoms with Crippen molar-refractivity contribution in [2.24, 2.45) is 0 Å². The second kappa shape index (κ2) is 9.13. The van der Waals surface area contributed by atoms with Crippen LogP contribution in [0.15, 0.2) is 66.2 Å². The number of hydrogen-bond donors (Lipinski definition) is 1. The number of methoxy groups -OCH3 is 2. The second-order valence-corrected chi connectivity index (χ2v) is 9.61. The van der Waals surface area contributed by atoms with Crippen LogP contribution in [-0.4, -0.2) is 36.0 Å². The lowest BCUT2D eigenvalue weighted by atomic mass is 9.95. The maximum Gasteiger partial charge on any atom is 0.301 e. The molecule has 0 aliphatic carbocycles. The SMILES string of the molecule is COc1ccc(C(O)=C2C(=O)C(=O)N(c3nc4c(C)cc(C)cc4s3)[C@H]2c2cccc(OC)c2)cc1. The van der Waals surface area contributed by atoms with E-state index in [-0.39, 0.29) is 11.3 Å². The average molecular weight is 501 g/mol. The van der Waals surface area contributed by atoms with Gasteiger partial charge in [0, 0.05) is 5.56 Å². The third-order valence-electron chi connectivity index (χ3n) is 6.24. The first-order valence-corrected chi connectivity index (χ1v) is 12.1. The molecular formula is C28H24N2O5S. The zero-order chi connectivity index (χ0) is 25.6. The van der Waals surface area contributed by atoms with Crippen molar-refractivity contribution in [3.8, 4) is 11.5 Å². The van der Waals surface area contributed by atoms with Crippen molar-refractivity contribution in [2.75, 3.05) is 19.1 Å². The summed E-state index contributed by atoms with van der Waals surface area (Å²) < 4.78 is 11.5. The molecule has 36 heavy (non-hydrogen) atoms. The van der Waals surface area contributed by atoms with Crippen molar-refractivity contribution in [1.29, 1.82) is 0 Å².